The quantitative estimate of drug-likeness (QED) is 0.843. The van der Waals surface area contributed by atoms with E-state index in [9.17, 15) is 18.0 Å². The molecule has 0 aliphatic heterocycles. The number of hydrogen-bond acceptors (Lipinski definition) is 3. The molecule has 0 saturated carbocycles. The summed E-state index contributed by atoms with van der Waals surface area (Å²) in [6.45, 7) is -0.0605. The van der Waals surface area contributed by atoms with E-state index in [4.69, 9.17) is 16.3 Å². The molecule has 2 rings (SSSR count). The highest BCUT2D eigenvalue weighted by Crippen LogP contribution is 2.34. The largest absolute Gasteiger partial charge is 0.444 e. The van der Waals surface area contributed by atoms with Crippen LogP contribution >= 0.6 is 11.6 Å². The summed E-state index contributed by atoms with van der Waals surface area (Å²) < 4.78 is 43.3. The van der Waals surface area contributed by atoms with Crippen molar-refractivity contribution in [1.29, 1.82) is 0 Å². The third-order valence-corrected chi connectivity index (χ3v) is 2.79. The molecule has 0 atom stereocenters. The highest BCUT2D eigenvalue weighted by Gasteiger charge is 2.36. The number of alkyl halides is 3. The minimum absolute atomic E-state index is 0.0605. The zero-order chi connectivity index (χ0) is 16.2. The van der Waals surface area contributed by atoms with E-state index in [0.29, 0.717) is 5.56 Å². The Kier molecular flexibility index (Phi) is 4.87. The van der Waals surface area contributed by atoms with Crippen LogP contribution in [-0.2, 0) is 17.5 Å². The van der Waals surface area contributed by atoms with Gasteiger partial charge in [0.25, 0.3) is 0 Å². The van der Waals surface area contributed by atoms with Crippen LogP contribution < -0.4 is 5.32 Å². The summed E-state index contributed by atoms with van der Waals surface area (Å²) in [6.07, 6.45) is -5.76. The van der Waals surface area contributed by atoms with Crippen LogP contribution in [0.3, 0.4) is 0 Å². The SMILES string of the molecule is O=C(Nc1ccc(Cl)nc1C(F)(F)F)OCc1ccccc1. The number of halogens is 4. The van der Waals surface area contributed by atoms with E-state index in [1.54, 1.807) is 30.3 Å². The van der Waals surface area contributed by atoms with Gasteiger partial charge in [0.2, 0.25) is 0 Å². The Bertz CT molecular complexity index is 663. The molecule has 0 radical (unpaired) electrons. The average Bonchev–Trinajstić information content (AvgIpc) is 2.47. The van der Waals surface area contributed by atoms with Gasteiger partial charge < -0.3 is 4.74 Å². The van der Waals surface area contributed by atoms with Gasteiger partial charge >= 0.3 is 12.3 Å². The normalized spacial score (nSPS) is 11.1. The lowest BCUT2D eigenvalue weighted by atomic mass is 10.2. The third kappa shape index (κ3) is 4.36. The number of carbonyl (C=O) groups is 1. The van der Waals surface area contributed by atoms with Crippen molar-refractivity contribution < 1.29 is 22.7 Å². The van der Waals surface area contributed by atoms with Gasteiger partial charge in [-0.25, -0.2) is 9.78 Å². The fraction of sp³-hybridized carbons (Fsp3) is 0.143. The molecule has 1 amide bonds. The number of aromatic nitrogens is 1. The molecule has 1 heterocycles. The van der Waals surface area contributed by atoms with Crippen molar-refractivity contribution in [3.8, 4) is 0 Å². The van der Waals surface area contributed by atoms with Crippen molar-refractivity contribution in [2.45, 2.75) is 12.8 Å². The molecule has 8 heteroatoms. The van der Waals surface area contributed by atoms with Crippen LogP contribution in [0, 0.1) is 0 Å². The fourth-order valence-corrected chi connectivity index (χ4v) is 1.77. The Balaban J connectivity index is 2.06. The van der Waals surface area contributed by atoms with Gasteiger partial charge in [-0.2, -0.15) is 13.2 Å². The summed E-state index contributed by atoms with van der Waals surface area (Å²) in [5.41, 5.74) is -1.09. The van der Waals surface area contributed by atoms with Gasteiger partial charge in [0.15, 0.2) is 5.69 Å². The second-order valence-electron chi connectivity index (χ2n) is 4.21. The highest BCUT2D eigenvalue weighted by atomic mass is 35.5. The lowest BCUT2D eigenvalue weighted by molar-refractivity contribution is -0.140. The monoisotopic (exact) mass is 330 g/mol. The van der Waals surface area contributed by atoms with Crippen LogP contribution in [0.15, 0.2) is 42.5 Å². The first kappa shape index (κ1) is 16.1. The maximum Gasteiger partial charge on any atom is 0.435 e. The van der Waals surface area contributed by atoms with Gasteiger partial charge in [-0.15, -0.1) is 0 Å². The van der Waals surface area contributed by atoms with Gasteiger partial charge in [0.05, 0.1) is 5.69 Å². The number of ether oxygens (including phenoxy) is 1. The predicted octanol–water partition coefficient (Wildman–Crippen LogP) is 4.50. The summed E-state index contributed by atoms with van der Waals surface area (Å²) in [4.78, 5) is 14.8. The van der Waals surface area contributed by atoms with E-state index < -0.39 is 23.7 Å². The van der Waals surface area contributed by atoms with Crippen molar-refractivity contribution in [3.63, 3.8) is 0 Å². The van der Waals surface area contributed by atoms with Crippen LogP contribution in [0.5, 0.6) is 0 Å². The molecule has 1 aromatic carbocycles. The second-order valence-corrected chi connectivity index (χ2v) is 4.60. The van der Waals surface area contributed by atoms with Gasteiger partial charge in [-0.3, -0.25) is 5.32 Å². The van der Waals surface area contributed by atoms with Gasteiger partial charge in [0, 0.05) is 0 Å². The molecule has 0 fully saturated rings. The smallest absolute Gasteiger partial charge is 0.435 e. The number of nitrogens with one attached hydrogen (secondary N) is 1. The van der Waals surface area contributed by atoms with Crippen molar-refractivity contribution >= 4 is 23.4 Å². The number of rotatable bonds is 3. The molecule has 0 bridgehead atoms. The zero-order valence-corrected chi connectivity index (χ0v) is 11.8. The van der Waals surface area contributed by atoms with E-state index in [1.807, 2.05) is 5.32 Å². The van der Waals surface area contributed by atoms with Gasteiger partial charge in [-0.05, 0) is 17.7 Å². The zero-order valence-electron chi connectivity index (χ0n) is 11.0. The summed E-state index contributed by atoms with van der Waals surface area (Å²) in [6, 6.07) is 10.9. The minimum atomic E-state index is -4.74. The molecular weight excluding hydrogens is 321 g/mol. The number of benzene rings is 1. The summed E-state index contributed by atoms with van der Waals surface area (Å²) in [7, 11) is 0. The highest BCUT2D eigenvalue weighted by molar-refractivity contribution is 6.29. The van der Waals surface area contributed by atoms with Crippen molar-refractivity contribution in [3.05, 3.63) is 58.9 Å². The van der Waals surface area contributed by atoms with E-state index >= 15 is 0 Å². The first-order chi connectivity index (χ1) is 10.4. The van der Waals surface area contributed by atoms with Crippen molar-refractivity contribution in [1.82, 2.24) is 4.98 Å². The Morgan fingerprint density at radius 2 is 1.86 bits per heavy atom. The van der Waals surface area contributed by atoms with E-state index in [0.717, 1.165) is 12.1 Å². The molecule has 116 valence electrons. The number of hydrogen-bond donors (Lipinski definition) is 1. The standard InChI is InChI=1S/C14H10ClF3N2O2/c15-11-7-6-10(12(20-11)14(16,17)18)19-13(21)22-8-9-4-2-1-3-5-9/h1-7H,8H2,(H,19,21). The van der Waals surface area contributed by atoms with Gasteiger partial charge in [0.1, 0.15) is 11.8 Å². The molecule has 0 saturated heterocycles. The topological polar surface area (TPSA) is 51.2 Å². The minimum Gasteiger partial charge on any atom is -0.444 e. The maximum absolute atomic E-state index is 12.8. The van der Waals surface area contributed by atoms with Crippen LogP contribution in [0.1, 0.15) is 11.3 Å². The molecule has 1 aromatic heterocycles. The Morgan fingerprint density at radius 1 is 1.18 bits per heavy atom. The molecule has 2 aromatic rings. The molecule has 4 nitrogen and oxygen atoms in total. The fourth-order valence-electron chi connectivity index (χ4n) is 1.62. The van der Waals surface area contributed by atoms with Crippen molar-refractivity contribution in [2.75, 3.05) is 5.32 Å². The lowest BCUT2D eigenvalue weighted by Gasteiger charge is -2.13. The summed E-state index contributed by atoms with van der Waals surface area (Å²) in [5.74, 6) is 0. The molecule has 0 aliphatic carbocycles. The number of anilines is 1. The first-order valence-corrected chi connectivity index (χ1v) is 6.45. The van der Waals surface area contributed by atoms with E-state index in [2.05, 4.69) is 4.98 Å². The first-order valence-electron chi connectivity index (χ1n) is 6.07. The van der Waals surface area contributed by atoms with Crippen LogP contribution in [0.2, 0.25) is 5.15 Å². The summed E-state index contributed by atoms with van der Waals surface area (Å²) in [5, 5.41) is 1.69. The second kappa shape index (κ2) is 6.65. The van der Waals surface area contributed by atoms with E-state index in [1.165, 1.54) is 0 Å². The predicted molar refractivity (Wildman–Crippen MR) is 74.5 cm³/mol. The van der Waals surface area contributed by atoms with Crippen molar-refractivity contribution in [2.24, 2.45) is 0 Å². The van der Waals surface area contributed by atoms with Crippen LogP contribution in [0.4, 0.5) is 23.7 Å². The number of carbonyl (C=O) groups excluding carboxylic acids is 1. The lowest BCUT2D eigenvalue weighted by Crippen LogP contribution is -2.18. The molecule has 22 heavy (non-hydrogen) atoms. The van der Waals surface area contributed by atoms with Crippen LogP contribution in [-0.4, -0.2) is 11.1 Å². The molecular formula is C14H10ClF3N2O2. The average molecular weight is 331 g/mol. The Labute approximate surface area is 128 Å². The Hall–Kier alpha value is -2.28. The van der Waals surface area contributed by atoms with E-state index in [-0.39, 0.29) is 11.8 Å². The molecule has 0 aliphatic rings. The number of nitrogens with zero attached hydrogens (tertiary/aromatic N) is 1. The maximum atomic E-state index is 12.8. The summed E-state index contributed by atoms with van der Waals surface area (Å²) >= 11 is 5.45. The van der Waals surface area contributed by atoms with Crippen LogP contribution in [0.25, 0.3) is 0 Å². The molecule has 1 N–H and O–H groups in total. The van der Waals surface area contributed by atoms with Gasteiger partial charge in [-0.1, -0.05) is 41.9 Å². The third-order valence-electron chi connectivity index (χ3n) is 2.58. The number of pyridine rings is 1. The molecule has 0 spiro atoms. The molecule has 0 unspecified atom stereocenters. The Morgan fingerprint density at radius 3 is 2.50 bits per heavy atom. The number of amides is 1.